The maximum Gasteiger partial charge on any atom is 0.407 e. The Morgan fingerprint density at radius 1 is 1.03 bits per heavy atom. The number of rotatable bonds is 8. The van der Waals surface area contributed by atoms with Crippen molar-refractivity contribution in [1.82, 2.24) is 10.2 Å². The Bertz CT molecular complexity index is 1000. The minimum atomic E-state index is -1.34. The first kappa shape index (κ1) is 24.3. The van der Waals surface area contributed by atoms with Crippen LogP contribution in [0.3, 0.4) is 0 Å². The van der Waals surface area contributed by atoms with Gasteiger partial charge in [0.1, 0.15) is 12.1 Å². The molecule has 1 atom stereocenters. The quantitative estimate of drug-likeness (QED) is 0.624. The van der Waals surface area contributed by atoms with E-state index >= 15 is 0 Å². The molecule has 0 saturated carbocycles. The number of aliphatic carboxylic acids is 1. The van der Waals surface area contributed by atoms with Gasteiger partial charge in [-0.3, -0.25) is 4.79 Å². The minimum absolute atomic E-state index is 0.0188. The van der Waals surface area contributed by atoms with Crippen molar-refractivity contribution in [2.24, 2.45) is 5.92 Å². The van der Waals surface area contributed by atoms with Crippen LogP contribution in [0.4, 0.5) is 4.79 Å². The second-order valence-electron chi connectivity index (χ2n) is 9.34. The summed E-state index contributed by atoms with van der Waals surface area (Å²) in [7, 11) is 1.46. The Balaban J connectivity index is 1.64. The van der Waals surface area contributed by atoms with Gasteiger partial charge >= 0.3 is 12.1 Å². The van der Waals surface area contributed by atoms with Crippen LogP contribution in [0.2, 0.25) is 0 Å². The van der Waals surface area contributed by atoms with Crippen molar-refractivity contribution in [3.05, 3.63) is 59.7 Å². The average molecular weight is 453 g/mol. The lowest BCUT2D eigenvalue weighted by Crippen LogP contribution is -2.52. The average Bonchev–Trinajstić information content (AvgIpc) is 3.10. The number of fused-ring (bicyclic) bond motifs is 3. The van der Waals surface area contributed by atoms with E-state index in [9.17, 15) is 19.5 Å². The highest BCUT2D eigenvalue weighted by Crippen LogP contribution is 2.44. The van der Waals surface area contributed by atoms with E-state index in [0.717, 1.165) is 22.3 Å². The predicted octanol–water partition coefficient (Wildman–Crippen LogP) is 4.26. The molecule has 0 aromatic heterocycles. The summed E-state index contributed by atoms with van der Waals surface area (Å²) in [5.74, 6) is -1.55. The van der Waals surface area contributed by atoms with Crippen LogP contribution in [0.15, 0.2) is 48.5 Å². The summed E-state index contributed by atoms with van der Waals surface area (Å²) in [5.41, 5.74) is 3.20. The molecule has 2 aromatic carbocycles. The number of amides is 2. The molecule has 0 spiro atoms. The normalized spacial score (nSPS) is 13.8. The molecule has 0 saturated heterocycles. The molecule has 7 nitrogen and oxygen atoms in total. The molecule has 0 unspecified atom stereocenters. The molecule has 1 aliphatic rings. The van der Waals surface area contributed by atoms with Crippen LogP contribution in [0.1, 0.15) is 51.2 Å². The second-order valence-corrected chi connectivity index (χ2v) is 9.34. The number of likely N-dealkylation sites (N-methyl/N-ethyl adjacent to an activating group) is 1. The van der Waals surface area contributed by atoms with E-state index < -0.39 is 23.6 Å². The zero-order valence-electron chi connectivity index (χ0n) is 19.8. The van der Waals surface area contributed by atoms with Gasteiger partial charge in [0.15, 0.2) is 0 Å². The van der Waals surface area contributed by atoms with E-state index in [1.807, 2.05) is 38.1 Å². The molecule has 33 heavy (non-hydrogen) atoms. The van der Waals surface area contributed by atoms with Crippen molar-refractivity contribution >= 4 is 18.0 Å². The fourth-order valence-electron chi connectivity index (χ4n) is 4.03. The van der Waals surface area contributed by atoms with Crippen LogP contribution in [-0.4, -0.2) is 53.2 Å². The summed E-state index contributed by atoms with van der Waals surface area (Å²) < 4.78 is 5.60. The second kappa shape index (κ2) is 9.65. The number of carboxylic acid groups (broad SMARTS) is 1. The number of nitrogens with zero attached hydrogens (tertiary/aromatic N) is 1. The number of benzene rings is 2. The Morgan fingerprint density at radius 2 is 1.55 bits per heavy atom. The molecule has 3 rings (SSSR count). The summed E-state index contributed by atoms with van der Waals surface area (Å²) in [6.07, 6.45) is -0.613. The Hall–Kier alpha value is -3.35. The molecule has 0 radical (unpaired) electrons. The molecule has 0 bridgehead atoms. The number of carboxylic acids is 1. The lowest BCUT2D eigenvalue weighted by molar-refractivity contribution is -0.155. The smallest absolute Gasteiger partial charge is 0.407 e. The van der Waals surface area contributed by atoms with Gasteiger partial charge in [0, 0.05) is 25.4 Å². The van der Waals surface area contributed by atoms with Gasteiger partial charge in [-0.15, -0.1) is 0 Å². The molecule has 2 aromatic rings. The van der Waals surface area contributed by atoms with Crippen LogP contribution >= 0.6 is 0 Å². The van der Waals surface area contributed by atoms with Gasteiger partial charge in [-0.2, -0.15) is 0 Å². The molecule has 0 fully saturated rings. The third-order valence-corrected chi connectivity index (χ3v) is 6.58. The molecule has 176 valence electrons. The first-order valence-corrected chi connectivity index (χ1v) is 11.2. The van der Waals surface area contributed by atoms with Gasteiger partial charge in [0.05, 0.1) is 0 Å². The lowest BCUT2D eigenvalue weighted by atomic mass is 9.98. The standard InChI is InChI=1S/C26H32N2O5/c1-16(2)22(14-23(29)28(5)26(3,4)24(30)31)27-25(32)33-15-21-19-12-8-6-10-17(19)18-11-7-9-13-20(18)21/h6-13,16,21-22H,14-15H2,1-5H3,(H,27,32)(H,30,31)/t22-/m1/s1. The van der Waals surface area contributed by atoms with E-state index in [1.165, 1.54) is 25.8 Å². The van der Waals surface area contributed by atoms with Crippen molar-refractivity contribution in [3.8, 4) is 11.1 Å². The van der Waals surface area contributed by atoms with Crippen molar-refractivity contribution in [2.45, 2.75) is 51.6 Å². The first-order chi connectivity index (χ1) is 15.5. The summed E-state index contributed by atoms with van der Waals surface area (Å²) in [5, 5.41) is 12.2. The fraction of sp³-hybridized carbons (Fsp3) is 0.423. The zero-order valence-corrected chi connectivity index (χ0v) is 19.8. The van der Waals surface area contributed by atoms with E-state index in [4.69, 9.17) is 4.74 Å². The van der Waals surface area contributed by atoms with Crippen molar-refractivity contribution in [2.75, 3.05) is 13.7 Å². The van der Waals surface area contributed by atoms with Gasteiger partial charge in [-0.1, -0.05) is 62.4 Å². The van der Waals surface area contributed by atoms with Crippen LogP contribution in [0.5, 0.6) is 0 Å². The van der Waals surface area contributed by atoms with Gasteiger partial charge in [-0.05, 0) is 42.0 Å². The molecular weight excluding hydrogens is 420 g/mol. The molecule has 2 amide bonds. The number of alkyl carbamates (subject to hydrolysis) is 1. The van der Waals surface area contributed by atoms with Crippen molar-refractivity contribution in [3.63, 3.8) is 0 Å². The Morgan fingerprint density at radius 3 is 2.03 bits per heavy atom. The van der Waals surface area contributed by atoms with Crippen LogP contribution in [0, 0.1) is 5.92 Å². The monoisotopic (exact) mass is 452 g/mol. The van der Waals surface area contributed by atoms with Gasteiger partial charge < -0.3 is 20.1 Å². The fourth-order valence-corrected chi connectivity index (χ4v) is 4.03. The van der Waals surface area contributed by atoms with E-state index in [1.54, 1.807) is 0 Å². The number of nitrogens with one attached hydrogen (secondary N) is 1. The summed E-state index contributed by atoms with van der Waals surface area (Å²) in [6, 6.07) is 15.7. The highest BCUT2D eigenvalue weighted by atomic mass is 16.5. The first-order valence-electron chi connectivity index (χ1n) is 11.2. The Kier molecular flexibility index (Phi) is 7.10. The number of carbonyl (C=O) groups is 3. The Labute approximate surface area is 194 Å². The highest BCUT2D eigenvalue weighted by molar-refractivity contribution is 5.86. The van der Waals surface area contributed by atoms with Crippen molar-refractivity contribution in [1.29, 1.82) is 0 Å². The van der Waals surface area contributed by atoms with Crippen LogP contribution in [-0.2, 0) is 14.3 Å². The van der Waals surface area contributed by atoms with Gasteiger partial charge in [0.2, 0.25) is 5.91 Å². The molecular formula is C26H32N2O5. The summed E-state index contributed by atoms with van der Waals surface area (Å²) in [6.45, 7) is 6.91. The topological polar surface area (TPSA) is 95.9 Å². The molecule has 2 N–H and O–H groups in total. The highest BCUT2D eigenvalue weighted by Gasteiger charge is 2.36. The van der Waals surface area contributed by atoms with E-state index in [2.05, 4.69) is 29.6 Å². The van der Waals surface area contributed by atoms with Gasteiger partial charge in [-0.25, -0.2) is 9.59 Å². The number of ether oxygens (including phenoxy) is 1. The molecule has 0 heterocycles. The van der Waals surface area contributed by atoms with E-state index in [0.29, 0.717) is 0 Å². The maximum atomic E-state index is 12.7. The molecule has 0 aliphatic heterocycles. The van der Waals surface area contributed by atoms with Gasteiger partial charge in [0.25, 0.3) is 0 Å². The van der Waals surface area contributed by atoms with Crippen LogP contribution < -0.4 is 5.32 Å². The number of carbonyl (C=O) groups excluding carboxylic acids is 2. The summed E-state index contributed by atoms with van der Waals surface area (Å²) in [4.78, 5) is 38.0. The third kappa shape index (κ3) is 5.02. The molecule has 7 heteroatoms. The zero-order chi connectivity index (χ0) is 24.3. The number of hydrogen-bond donors (Lipinski definition) is 2. The SMILES string of the molecule is CC(C)[C@@H](CC(=O)N(C)C(C)(C)C(=O)O)NC(=O)OCC1c2ccccc2-c2ccccc21. The third-order valence-electron chi connectivity index (χ3n) is 6.58. The predicted molar refractivity (Wildman–Crippen MR) is 126 cm³/mol. The van der Waals surface area contributed by atoms with Crippen LogP contribution in [0.25, 0.3) is 11.1 Å². The van der Waals surface area contributed by atoms with E-state index in [-0.39, 0.29) is 30.8 Å². The lowest BCUT2D eigenvalue weighted by Gasteiger charge is -2.33. The number of hydrogen-bond acceptors (Lipinski definition) is 4. The summed E-state index contributed by atoms with van der Waals surface area (Å²) >= 11 is 0. The molecule has 1 aliphatic carbocycles. The largest absolute Gasteiger partial charge is 0.480 e. The van der Waals surface area contributed by atoms with Crippen molar-refractivity contribution < 1.29 is 24.2 Å². The maximum absolute atomic E-state index is 12.7. The minimum Gasteiger partial charge on any atom is -0.480 e.